The average Bonchev–Trinajstić information content (AvgIpc) is 3.10. The van der Waals surface area contributed by atoms with Crippen LogP contribution in [0.4, 0.5) is 0 Å². The molecule has 0 spiro atoms. The maximum Gasteiger partial charge on any atom is 0.228 e. The number of carbonyl (C=O) groups excluding carboxylic acids is 2. The molecule has 0 radical (unpaired) electrons. The summed E-state index contributed by atoms with van der Waals surface area (Å²) in [6.07, 6.45) is 6.17. The lowest BCUT2D eigenvalue weighted by Crippen LogP contribution is -2.54. The van der Waals surface area contributed by atoms with Gasteiger partial charge in [0, 0.05) is 44.9 Å². The van der Waals surface area contributed by atoms with E-state index in [4.69, 9.17) is 4.74 Å². The minimum absolute atomic E-state index is 0.00563. The molecule has 3 rings (SSSR count). The van der Waals surface area contributed by atoms with Gasteiger partial charge >= 0.3 is 0 Å². The minimum Gasteiger partial charge on any atom is -0.373 e. The number of ether oxygens (including phenoxy) is 1. The Morgan fingerprint density at radius 1 is 1.42 bits per heavy atom. The van der Waals surface area contributed by atoms with Gasteiger partial charge in [0.25, 0.3) is 0 Å². The molecule has 2 saturated heterocycles. The number of nitrogens with zero attached hydrogens (tertiary/aromatic N) is 2. The molecule has 2 N–H and O–H groups in total. The first-order valence-electron chi connectivity index (χ1n) is 9.49. The number of hydrogen-bond donors (Lipinski definition) is 2. The van der Waals surface area contributed by atoms with Crippen molar-refractivity contribution in [2.24, 2.45) is 17.3 Å². The molecule has 0 aliphatic carbocycles. The van der Waals surface area contributed by atoms with Crippen molar-refractivity contribution in [1.82, 2.24) is 20.4 Å². The normalized spacial score (nSPS) is 24.2. The second-order valence-electron chi connectivity index (χ2n) is 8.46. The number of carbonyl (C=O) groups is 2. The zero-order valence-corrected chi connectivity index (χ0v) is 16.0. The van der Waals surface area contributed by atoms with E-state index in [1.807, 2.05) is 11.1 Å². The number of amides is 2. The summed E-state index contributed by atoms with van der Waals surface area (Å²) in [5.74, 6) is 0.590. The molecule has 2 aliphatic heterocycles. The molecule has 2 fully saturated rings. The Morgan fingerprint density at radius 2 is 2.19 bits per heavy atom. The fourth-order valence-corrected chi connectivity index (χ4v) is 4.11. The van der Waals surface area contributed by atoms with Crippen LogP contribution >= 0.6 is 0 Å². The van der Waals surface area contributed by atoms with Crippen molar-refractivity contribution in [3.05, 3.63) is 18.0 Å². The molecule has 3 heterocycles. The van der Waals surface area contributed by atoms with Crippen LogP contribution in [-0.4, -0.2) is 53.2 Å². The lowest BCUT2D eigenvalue weighted by atomic mass is 9.78. The standard InChI is InChI=1S/C19H30N4O3/c1-13(24)20-12-19(2,3)7-14-10-23(11-14)18(25)16-5-4-6-26-17(16)15-8-21-22-9-15/h8-9,14,16-17H,4-7,10-12H2,1-3H3,(H,20,24)(H,21,22)/t16-,17+/m1/s1. The van der Waals surface area contributed by atoms with Gasteiger partial charge in [0.05, 0.1) is 18.2 Å². The smallest absolute Gasteiger partial charge is 0.228 e. The summed E-state index contributed by atoms with van der Waals surface area (Å²) in [6, 6.07) is 0. The molecule has 144 valence electrons. The fourth-order valence-electron chi connectivity index (χ4n) is 4.11. The highest BCUT2D eigenvalue weighted by atomic mass is 16.5. The van der Waals surface area contributed by atoms with E-state index in [-0.39, 0.29) is 29.3 Å². The molecule has 26 heavy (non-hydrogen) atoms. The monoisotopic (exact) mass is 362 g/mol. The summed E-state index contributed by atoms with van der Waals surface area (Å²) in [7, 11) is 0. The van der Waals surface area contributed by atoms with E-state index in [1.165, 1.54) is 0 Å². The quantitative estimate of drug-likeness (QED) is 0.809. The number of rotatable bonds is 6. The SMILES string of the molecule is CC(=O)NCC(C)(C)CC1CN(C(=O)[C@@H]2CCCO[C@H]2c2cn[nH]c2)C1. The summed E-state index contributed by atoms with van der Waals surface area (Å²) < 4.78 is 5.89. The molecule has 0 bridgehead atoms. The number of likely N-dealkylation sites (tertiary alicyclic amines) is 1. The van der Waals surface area contributed by atoms with Crippen LogP contribution in [0.5, 0.6) is 0 Å². The topological polar surface area (TPSA) is 87.3 Å². The molecule has 1 aromatic rings. The highest BCUT2D eigenvalue weighted by Gasteiger charge is 2.41. The molecule has 7 nitrogen and oxygen atoms in total. The van der Waals surface area contributed by atoms with Crippen LogP contribution in [0.1, 0.15) is 51.7 Å². The summed E-state index contributed by atoms with van der Waals surface area (Å²) in [5, 5.41) is 9.71. The highest BCUT2D eigenvalue weighted by Crippen LogP contribution is 2.37. The van der Waals surface area contributed by atoms with E-state index < -0.39 is 0 Å². The van der Waals surface area contributed by atoms with Gasteiger partial charge in [-0.25, -0.2) is 0 Å². The maximum atomic E-state index is 13.0. The van der Waals surface area contributed by atoms with Gasteiger partial charge in [0.15, 0.2) is 0 Å². The third-order valence-electron chi connectivity index (χ3n) is 5.41. The number of nitrogens with one attached hydrogen (secondary N) is 2. The van der Waals surface area contributed by atoms with E-state index >= 15 is 0 Å². The van der Waals surface area contributed by atoms with Crippen LogP contribution in [-0.2, 0) is 14.3 Å². The van der Waals surface area contributed by atoms with Gasteiger partial charge in [-0.05, 0) is 30.6 Å². The minimum atomic E-state index is -0.190. The number of hydrogen-bond acceptors (Lipinski definition) is 4. The first-order valence-corrected chi connectivity index (χ1v) is 9.49. The predicted molar refractivity (Wildman–Crippen MR) is 97.2 cm³/mol. The molecular formula is C19H30N4O3. The zero-order valence-electron chi connectivity index (χ0n) is 16.0. The van der Waals surface area contributed by atoms with Crippen LogP contribution in [0.2, 0.25) is 0 Å². The Morgan fingerprint density at radius 3 is 2.85 bits per heavy atom. The largest absolute Gasteiger partial charge is 0.373 e. The highest BCUT2D eigenvalue weighted by molar-refractivity contribution is 5.80. The third kappa shape index (κ3) is 4.44. The van der Waals surface area contributed by atoms with Crippen molar-refractivity contribution in [2.45, 2.75) is 46.1 Å². The van der Waals surface area contributed by atoms with E-state index in [0.29, 0.717) is 19.1 Å². The Labute approximate surface area is 154 Å². The van der Waals surface area contributed by atoms with Crippen molar-refractivity contribution in [2.75, 3.05) is 26.2 Å². The molecule has 2 aliphatic rings. The number of aromatic amines is 1. The van der Waals surface area contributed by atoms with Gasteiger partial charge in [0.1, 0.15) is 0 Å². The van der Waals surface area contributed by atoms with Gasteiger partial charge in [-0.2, -0.15) is 5.10 Å². The number of aromatic nitrogens is 2. The third-order valence-corrected chi connectivity index (χ3v) is 5.41. The van der Waals surface area contributed by atoms with E-state index in [1.54, 1.807) is 13.1 Å². The van der Waals surface area contributed by atoms with Crippen LogP contribution in [0.3, 0.4) is 0 Å². The van der Waals surface area contributed by atoms with Gasteiger partial charge in [-0.1, -0.05) is 13.8 Å². The molecule has 0 aromatic carbocycles. The van der Waals surface area contributed by atoms with Crippen molar-refractivity contribution < 1.29 is 14.3 Å². The molecule has 2 amide bonds. The molecule has 2 atom stereocenters. The van der Waals surface area contributed by atoms with Gasteiger partial charge in [-0.3, -0.25) is 14.7 Å². The lowest BCUT2D eigenvalue weighted by Gasteiger charge is -2.45. The van der Waals surface area contributed by atoms with Gasteiger partial charge < -0.3 is 15.0 Å². The van der Waals surface area contributed by atoms with Crippen molar-refractivity contribution in [3.63, 3.8) is 0 Å². The summed E-state index contributed by atoms with van der Waals surface area (Å²) in [4.78, 5) is 26.1. The van der Waals surface area contributed by atoms with Crippen LogP contribution in [0, 0.1) is 17.3 Å². The fraction of sp³-hybridized carbons (Fsp3) is 0.737. The first kappa shape index (κ1) is 18.9. The Bertz CT molecular complexity index is 623. The van der Waals surface area contributed by atoms with Gasteiger partial charge in [0.2, 0.25) is 11.8 Å². The molecular weight excluding hydrogens is 332 g/mol. The molecule has 7 heteroatoms. The lowest BCUT2D eigenvalue weighted by molar-refractivity contribution is -0.152. The summed E-state index contributed by atoms with van der Waals surface area (Å²) >= 11 is 0. The average molecular weight is 362 g/mol. The summed E-state index contributed by atoms with van der Waals surface area (Å²) in [5.41, 5.74) is 0.996. The predicted octanol–water partition coefficient (Wildman–Crippen LogP) is 1.89. The van der Waals surface area contributed by atoms with E-state index in [9.17, 15) is 9.59 Å². The first-order chi connectivity index (χ1) is 12.4. The van der Waals surface area contributed by atoms with Crippen molar-refractivity contribution in [1.29, 1.82) is 0 Å². The van der Waals surface area contributed by atoms with E-state index in [0.717, 1.165) is 37.9 Å². The molecule has 0 saturated carbocycles. The second-order valence-corrected chi connectivity index (χ2v) is 8.46. The van der Waals surface area contributed by atoms with Crippen molar-refractivity contribution >= 4 is 11.8 Å². The Hall–Kier alpha value is -1.89. The Balaban J connectivity index is 1.51. The van der Waals surface area contributed by atoms with Crippen molar-refractivity contribution in [3.8, 4) is 0 Å². The number of H-pyrrole nitrogens is 1. The van der Waals surface area contributed by atoms with E-state index in [2.05, 4.69) is 29.4 Å². The summed E-state index contributed by atoms with van der Waals surface area (Å²) in [6.45, 7) is 8.84. The van der Waals surface area contributed by atoms with Crippen LogP contribution in [0.15, 0.2) is 12.4 Å². The van der Waals surface area contributed by atoms with Crippen LogP contribution < -0.4 is 5.32 Å². The Kier molecular flexibility index (Phi) is 5.65. The second kappa shape index (κ2) is 7.78. The maximum absolute atomic E-state index is 13.0. The van der Waals surface area contributed by atoms with Crippen LogP contribution in [0.25, 0.3) is 0 Å². The van der Waals surface area contributed by atoms with Gasteiger partial charge in [-0.15, -0.1) is 0 Å². The zero-order chi connectivity index (χ0) is 18.7. The molecule has 1 aromatic heterocycles. The molecule has 0 unspecified atom stereocenters.